The largest absolute Gasteiger partial charge is 0.384 e. The lowest BCUT2D eigenvalue weighted by Crippen LogP contribution is -2.29. The van der Waals surface area contributed by atoms with Crippen LogP contribution in [0, 0.1) is 21.8 Å². The zero-order valence-electron chi connectivity index (χ0n) is 11.8. The van der Waals surface area contributed by atoms with E-state index in [1.807, 2.05) is 0 Å². The highest BCUT2D eigenvalue weighted by Crippen LogP contribution is 2.22. The second kappa shape index (κ2) is 6.17. The van der Waals surface area contributed by atoms with Crippen LogP contribution in [0.1, 0.15) is 20.3 Å². The van der Waals surface area contributed by atoms with Crippen molar-refractivity contribution >= 4 is 11.4 Å². The van der Waals surface area contributed by atoms with Crippen molar-refractivity contribution in [1.82, 2.24) is 4.90 Å². The molecule has 1 fully saturated rings. The molecule has 0 bridgehead atoms. The molecule has 1 saturated heterocycles. The third kappa shape index (κ3) is 3.66. The third-order valence-corrected chi connectivity index (χ3v) is 3.74. The van der Waals surface area contributed by atoms with E-state index in [-0.39, 0.29) is 5.69 Å². The second-order valence-electron chi connectivity index (χ2n) is 5.58. The quantitative estimate of drug-likeness (QED) is 0.666. The molecule has 0 aliphatic carbocycles. The summed E-state index contributed by atoms with van der Waals surface area (Å²) >= 11 is 0. The van der Waals surface area contributed by atoms with E-state index in [1.54, 1.807) is 0 Å². The Labute approximate surface area is 117 Å². The van der Waals surface area contributed by atoms with Gasteiger partial charge in [0.2, 0.25) is 0 Å². The van der Waals surface area contributed by atoms with Crippen LogP contribution in [0.15, 0.2) is 18.2 Å². The Bertz CT molecular complexity index is 493. The smallest absolute Gasteiger partial charge is 0.274 e. The number of nitro benzene ring substituents is 1. The topological polar surface area (TPSA) is 58.4 Å². The summed E-state index contributed by atoms with van der Waals surface area (Å²) in [5.74, 6) is -0.0864. The third-order valence-electron chi connectivity index (χ3n) is 3.74. The first-order chi connectivity index (χ1) is 9.45. The number of halogens is 1. The summed E-state index contributed by atoms with van der Waals surface area (Å²) in [6.45, 7) is 7.15. The van der Waals surface area contributed by atoms with E-state index in [2.05, 4.69) is 24.1 Å². The fourth-order valence-corrected chi connectivity index (χ4v) is 2.54. The van der Waals surface area contributed by atoms with E-state index in [0.29, 0.717) is 24.2 Å². The summed E-state index contributed by atoms with van der Waals surface area (Å²) in [4.78, 5) is 12.5. The van der Waals surface area contributed by atoms with Crippen molar-refractivity contribution in [3.8, 4) is 0 Å². The summed E-state index contributed by atoms with van der Waals surface area (Å²) < 4.78 is 13.3. The van der Waals surface area contributed by atoms with Gasteiger partial charge in [-0.2, -0.15) is 0 Å². The molecule has 5 nitrogen and oxygen atoms in total. The fraction of sp³-hybridized carbons (Fsp3) is 0.571. The van der Waals surface area contributed by atoms with Gasteiger partial charge in [-0.1, -0.05) is 0 Å². The maximum Gasteiger partial charge on any atom is 0.274 e. The molecule has 1 aliphatic rings. The highest BCUT2D eigenvalue weighted by Gasteiger charge is 2.24. The van der Waals surface area contributed by atoms with Crippen LogP contribution in [0.25, 0.3) is 0 Å². The molecule has 1 atom stereocenters. The highest BCUT2D eigenvalue weighted by molar-refractivity contribution is 5.51. The van der Waals surface area contributed by atoms with Crippen LogP contribution in [-0.4, -0.2) is 35.5 Å². The number of non-ortho nitro benzene ring substituents is 1. The van der Waals surface area contributed by atoms with E-state index in [1.165, 1.54) is 12.1 Å². The molecule has 110 valence electrons. The molecule has 0 aromatic heterocycles. The van der Waals surface area contributed by atoms with Crippen LogP contribution in [-0.2, 0) is 0 Å². The zero-order valence-corrected chi connectivity index (χ0v) is 11.8. The Morgan fingerprint density at radius 3 is 2.85 bits per heavy atom. The minimum atomic E-state index is -0.586. The molecule has 1 aromatic carbocycles. The Balaban J connectivity index is 1.93. The van der Waals surface area contributed by atoms with Crippen molar-refractivity contribution in [2.75, 3.05) is 25.0 Å². The molecule has 6 heteroatoms. The van der Waals surface area contributed by atoms with Crippen molar-refractivity contribution in [1.29, 1.82) is 0 Å². The van der Waals surface area contributed by atoms with Gasteiger partial charge in [0.25, 0.3) is 5.69 Å². The van der Waals surface area contributed by atoms with Gasteiger partial charge in [0.05, 0.1) is 11.0 Å². The monoisotopic (exact) mass is 281 g/mol. The molecule has 1 unspecified atom stereocenters. The summed E-state index contributed by atoms with van der Waals surface area (Å²) in [6.07, 6.45) is 1.10. The lowest BCUT2D eigenvalue weighted by molar-refractivity contribution is -0.385. The van der Waals surface area contributed by atoms with Gasteiger partial charge in [-0.05, 0) is 38.8 Å². The van der Waals surface area contributed by atoms with E-state index in [4.69, 9.17) is 0 Å². The number of nitrogens with zero attached hydrogens (tertiary/aromatic N) is 2. The Morgan fingerprint density at radius 2 is 2.25 bits per heavy atom. The van der Waals surface area contributed by atoms with E-state index in [9.17, 15) is 14.5 Å². The molecule has 1 aliphatic heterocycles. The number of nitro groups is 1. The number of anilines is 1. The van der Waals surface area contributed by atoms with Crippen LogP contribution in [0.5, 0.6) is 0 Å². The lowest BCUT2D eigenvalue weighted by Gasteiger charge is -2.20. The summed E-state index contributed by atoms with van der Waals surface area (Å²) in [7, 11) is 0. The Hall–Kier alpha value is -1.69. The molecular formula is C14H20FN3O2. The van der Waals surface area contributed by atoms with Crippen molar-refractivity contribution in [3.63, 3.8) is 0 Å². The standard InChI is InChI=1S/C14H20FN3O2/c1-10(2)17-4-3-11(9-17)8-16-13-5-12(15)6-14(7-13)18(19)20/h5-7,10-11,16H,3-4,8-9H2,1-2H3. The molecule has 1 N–H and O–H groups in total. The summed E-state index contributed by atoms with van der Waals surface area (Å²) in [5, 5.41) is 13.8. The average molecular weight is 281 g/mol. The van der Waals surface area contributed by atoms with Crippen LogP contribution >= 0.6 is 0 Å². The summed E-state index contributed by atoms with van der Waals surface area (Å²) in [5.41, 5.74) is 0.252. The molecule has 0 spiro atoms. The van der Waals surface area contributed by atoms with Gasteiger partial charge in [0.1, 0.15) is 5.82 Å². The van der Waals surface area contributed by atoms with Gasteiger partial charge in [-0.15, -0.1) is 0 Å². The Morgan fingerprint density at radius 1 is 1.50 bits per heavy atom. The van der Waals surface area contributed by atoms with Gasteiger partial charge < -0.3 is 10.2 Å². The first-order valence-electron chi connectivity index (χ1n) is 6.88. The highest BCUT2D eigenvalue weighted by atomic mass is 19.1. The molecular weight excluding hydrogens is 261 g/mol. The first-order valence-corrected chi connectivity index (χ1v) is 6.88. The van der Waals surface area contributed by atoms with Crippen LogP contribution < -0.4 is 5.32 Å². The lowest BCUT2D eigenvalue weighted by atomic mass is 10.1. The van der Waals surface area contributed by atoms with Gasteiger partial charge in [0.15, 0.2) is 0 Å². The normalized spacial score (nSPS) is 19.5. The van der Waals surface area contributed by atoms with E-state index < -0.39 is 10.7 Å². The fourth-order valence-electron chi connectivity index (χ4n) is 2.54. The summed E-state index contributed by atoms with van der Waals surface area (Å²) in [6, 6.07) is 4.14. The number of rotatable bonds is 5. The number of benzene rings is 1. The number of nitrogens with one attached hydrogen (secondary N) is 1. The van der Waals surface area contributed by atoms with Crippen molar-refractivity contribution in [2.45, 2.75) is 26.3 Å². The SMILES string of the molecule is CC(C)N1CCC(CNc2cc(F)cc([N+](=O)[O-])c2)C1. The number of hydrogen-bond donors (Lipinski definition) is 1. The van der Waals surface area contributed by atoms with Gasteiger partial charge in [-0.3, -0.25) is 10.1 Å². The van der Waals surface area contributed by atoms with Gasteiger partial charge in [-0.25, -0.2) is 4.39 Å². The van der Waals surface area contributed by atoms with E-state index in [0.717, 1.165) is 25.6 Å². The molecule has 20 heavy (non-hydrogen) atoms. The van der Waals surface area contributed by atoms with Gasteiger partial charge >= 0.3 is 0 Å². The molecule has 0 amide bonds. The van der Waals surface area contributed by atoms with Gasteiger partial charge in [0, 0.05) is 30.9 Å². The minimum absolute atomic E-state index is 0.220. The average Bonchev–Trinajstić information content (AvgIpc) is 2.84. The maximum atomic E-state index is 13.3. The molecule has 0 radical (unpaired) electrons. The Kier molecular flexibility index (Phi) is 4.54. The van der Waals surface area contributed by atoms with Crippen molar-refractivity contribution in [2.24, 2.45) is 5.92 Å². The minimum Gasteiger partial charge on any atom is -0.384 e. The van der Waals surface area contributed by atoms with Crippen molar-refractivity contribution in [3.05, 3.63) is 34.1 Å². The van der Waals surface area contributed by atoms with Crippen LogP contribution in [0.3, 0.4) is 0 Å². The molecule has 1 aromatic rings. The number of hydrogen-bond acceptors (Lipinski definition) is 4. The molecule has 1 heterocycles. The van der Waals surface area contributed by atoms with Crippen molar-refractivity contribution < 1.29 is 9.31 Å². The number of likely N-dealkylation sites (tertiary alicyclic amines) is 1. The predicted octanol–water partition coefficient (Wildman–Crippen LogP) is 2.88. The second-order valence-corrected chi connectivity index (χ2v) is 5.58. The van der Waals surface area contributed by atoms with Crippen LogP contribution in [0.4, 0.5) is 15.8 Å². The predicted molar refractivity (Wildman–Crippen MR) is 76.4 cm³/mol. The van der Waals surface area contributed by atoms with Crippen LogP contribution in [0.2, 0.25) is 0 Å². The maximum absolute atomic E-state index is 13.3. The van der Waals surface area contributed by atoms with E-state index >= 15 is 0 Å². The molecule has 0 saturated carbocycles. The first kappa shape index (κ1) is 14.7. The molecule has 2 rings (SSSR count). The zero-order chi connectivity index (χ0) is 14.7.